The van der Waals surface area contributed by atoms with E-state index in [9.17, 15) is 9.59 Å². The van der Waals surface area contributed by atoms with E-state index >= 15 is 0 Å². The summed E-state index contributed by atoms with van der Waals surface area (Å²) in [7, 11) is 3.67. The number of carbonyl (C=O) groups excluding carboxylic acids is 2. The Morgan fingerprint density at radius 2 is 1.73 bits per heavy atom. The summed E-state index contributed by atoms with van der Waals surface area (Å²) in [5, 5.41) is 0. The number of rotatable bonds is 5. The molecule has 2 amide bonds. The topological polar surface area (TPSA) is 53.5 Å². The highest BCUT2D eigenvalue weighted by Gasteiger charge is 2.47. The summed E-state index contributed by atoms with van der Waals surface area (Å²) in [4.78, 5) is 33.9. The summed E-state index contributed by atoms with van der Waals surface area (Å²) in [6.07, 6.45) is 6.72. The van der Waals surface area contributed by atoms with E-state index in [1.165, 1.54) is 5.56 Å². The number of likely N-dealkylation sites (tertiary alicyclic amines) is 1. The molecule has 2 fully saturated rings. The number of piperidine rings is 1. The van der Waals surface area contributed by atoms with Gasteiger partial charge in [-0.25, -0.2) is 0 Å². The zero-order valence-electron chi connectivity index (χ0n) is 18.2. The first-order chi connectivity index (χ1) is 14.4. The number of amides is 2. The Kier molecular flexibility index (Phi) is 5.63. The molecule has 5 nitrogen and oxygen atoms in total. The average molecular weight is 406 g/mol. The maximum absolute atomic E-state index is 13.4. The third-order valence-corrected chi connectivity index (χ3v) is 6.86. The second-order valence-electron chi connectivity index (χ2n) is 9.19. The largest absolute Gasteiger partial charge is 0.348 e. The molecule has 0 spiro atoms. The zero-order valence-corrected chi connectivity index (χ0v) is 18.2. The maximum atomic E-state index is 13.4. The highest BCUT2D eigenvalue weighted by atomic mass is 16.2. The number of benzene rings is 1. The van der Waals surface area contributed by atoms with Crippen LogP contribution in [0, 0.1) is 17.3 Å². The van der Waals surface area contributed by atoms with Gasteiger partial charge in [0.2, 0.25) is 11.8 Å². The number of hydrogen-bond acceptors (Lipinski definition) is 3. The molecule has 0 N–H and O–H groups in total. The van der Waals surface area contributed by atoms with Crippen LogP contribution in [0.4, 0.5) is 0 Å². The second kappa shape index (κ2) is 8.21. The number of carbonyl (C=O) groups is 2. The molecule has 1 saturated carbocycles. The van der Waals surface area contributed by atoms with Crippen LogP contribution in [0.1, 0.15) is 31.7 Å². The second-order valence-corrected chi connectivity index (χ2v) is 9.19. The average Bonchev–Trinajstić information content (AvgIpc) is 3.50. The molecule has 1 saturated heterocycles. The van der Waals surface area contributed by atoms with Gasteiger partial charge < -0.3 is 9.80 Å². The van der Waals surface area contributed by atoms with Crippen LogP contribution >= 0.6 is 0 Å². The van der Waals surface area contributed by atoms with Crippen molar-refractivity contribution in [2.24, 2.45) is 17.3 Å². The van der Waals surface area contributed by atoms with Crippen molar-refractivity contribution < 1.29 is 9.59 Å². The summed E-state index contributed by atoms with van der Waals surface area (Å²) in [6, 6.07) is 12.4. The lowest BCUT2D eigenvalue weighted by atomic mass is 9.71. The van der Waals surface area contributed by atoms with Crippen LogP contribution in [-0.4, -0.2) is 53.8 Å². The molecule has 2 heterocycles. The number of nitrogens with zero attached hydrogens (tertiary/aromatic N) is 3. The lowest BCUT2D eigenvalue weighted by Gasteiger charge is -2.42. The van der Waals surface area contributed by atoms with Crippen molar-refractivity contribution >= 4 is 11.8 Å². The van der Waals surface area contributed by atoms with Gasteiger partial charge in [0, 0.05) is 45.5 Å². The molecule has 0 radical (unpaired) electrons. The van der Waals surface area contributed by atoms with Crippen molar-refractivity contribution in [1.82, 2.24) is 14.8 Å². The molecule has 2 atom stereocenters. The Morgan fingerprint density at radius 1 is 1.10 bits per heavy atom. The van der Waals surface area contributed by atoms with E-state index in [1.807, 2.05) is 43.3 Å². The highest BCUT2D eigenvalue weighted by Crippen LogP contribution is 2.43. The van der Waals surface area contributed by atoms with Gasteiger partial charge in [0.25, 0.3) is 0 Å². The third-order valence-electron chi connectivity index (χ3n) is 6.86. The van der Waals surface area contributed by atoms with Gasteiger partial charge in [-0.15, -0.1) is 0 Å². The summed E-state index contributed by atoms with van der Waals surface area (Å²) < 4.78 is 0. The van der Waals surface area contributed by atoms with Crippen LogP contribution in [0.5, 0.6) is 0 Å². The van der Waals surface area contributed by atoms with E-state index in [0.29, 0.717) is 38.3 Å². The Bertz CT molecular complexity index is 917. The van der Waals surface area contributed by atoms with Crippen LogP contribution in [0.3, 0.4) is 0 Å². The summed E-state index contributed by atoms with van der Waals surface area (Å²) in [5.74, 6) is 1.17. The van der Waals surface area contributed by atoms with E-state index < -0.39 is 5.41 Å². The minimum atomic E-state index is -0.474. The standard InChI is InChI=1S/C25H31N3O2/c1-18-16-22(18)23(29)28-14-10-25(11-15-28,24(30)27(2)3)17-20-6-4-5-7-21(20)19-8-12-26-13-9-19/h4-9,12-13,18,22H,10-11,14-17H2,1-3H3. The Balaban J connectivity index is 1.59. The molecular formula is C25H31N3O2. The third kappa shape index (κ3) is 3.98. The molecule has 1 aromatic carbocycles. The SMILES string of the molecule is CC1CC1C(=O)N1CCC(Cc2ccccc2-c2ccncc2)(C(=O)N(C)C)CC1. The fraction of sp³-hybridized carbons (Fsp3) is 0.480. The van der Waals surface area contributed by atoms with Crippen LogP contribution in [0.2, 0.25) is 0 Å². The first-order valence-corrected chi connectivity index (χ1v) is 10.9. The van der Waals surface area contributed by atoms with Crippen molar-refractivity contribution in [2.75, 3.05) is 27.2 Å². The number of aromatic nitrogens is 1. The molecule has 0 bridgehead atoms. The molecule has 5 heteroatoms. The Labute approximate surface area is 179 Å². The monoisotopic (exact) mass is 405 g/mol. The van der Waals surface area contributed by atoms with Gasteiger partial charge in [0.05, 0.1) is 5.41 Å². The van der Waals surface area contributed by atoms with E-state index in [4.69, 9.17) is 0 Å². The van der Waals surface area contributed by atoms with E-state index in [1.54, 1.807) is 17.3 Å². The van der Waals surface area contributed by atoms with Gasteiger partial charge in [0.15, 0.2) is 0 Å². The van der Waals surface area contributed by atoms with Gasteiger partial charge in [-0.05, 0) is 60.4 Å². The van der Waals surface area contributed by atoms with Crippen molar-refractivity contribution in [2.45, 2.75) is 32.6 Å². The fourth-order valence-corrected chi connectivity index (χ4v) is 4.85. The van der Waals surface area contributed by atoms with Crippen molar-refractivity contribution in [3.05, 3.63) is 54.4 Å². The zero-order chi connectivity index (χ0) is 21.3. The van der Waals surface area contributed by atoms with Gasteiger partial charge >= 0.3 is 0 Å². The quantitative estimate of drug-likeness (QED) is 0.763. The number of hydrogen-bond donors (Lipinski definition) is 0. The molecule has 2 aliphatic rings. The molecule has 1 aliphatic carbocycles. The molecule has 158 valence electrons. The van der Waals surface area contributed by atoms with Gasteiger partial charge in [-0.3, -0.25) is 14.6 Å². The van der Waals surface area contributed by atoms with E-state index in [-0.39, 0.29) is 17.7 Å². The van der Waals surface area contributed by atoms with Gasteiger partial charge in [0.1, 0.15) is 0 Å². The van der Waals surface area contributed by atoms with Crippen molar-refractivity contribution in [3.63, 3.8) is 0 Å². The van der Waals surface area contributed by atoms with Crippen LogP contribution in [-0.2, 0) is 16.0 Å². The van der Waals surface area contributed by atoms with Crippen LogP contribution in [0.15, 0.2) is 48.8 Å². The normalized spacial score (nSPS) is 22.4. The summed E-state index contributed by atoms with van der Waals surface area (Å²) >= 11 is 0. The Morgan fingerprint density at radius 3 is 2.33 bits per heavy atom. The Hall–Kier alpha value is -2.69. The first-order valence-electron chi connectivity index (χ1n) is 10.9. The van der Waals surface area contributed by atoms with Crippen molar-refractivity contribution in [3.8, 4) is 11.1 Å². The van der Waals surface area contributed by atoms with E-state index in [2.05, 4.69) is 24.0 Å². The minimum absolute atomic E-state index is 0.166. The smallest absolute Gasteiger partial charge is 0.228 e. The summed E-state index contributed by atoms with van der Waals surface area (Å²) in [5.41, 5.74) is 2.97. The molecule has 2 unspecified atom stereocenters. The molecular weight excluding hydrogens is 374 g/mol. The number of pyridine rings is 1. The highest BCUT2D eigenvalue weighted by molar-refractivity contribution is 5.85. The molecule has 1 aromatic heterocycles. The maximum Gasteiger partial charge on any atom is 0.228 e. The molecule has 30 heavy (non-hydrogen) atoms. The van der Waals surface area contributed by atoms with Crippen molar-refractivity contribution in [1.29, 1.82) is 0 Å². The lowest BCUT2D eigenvalue weighted by molar-refractivity contribution is -0.146. The van der Waals surface area contributed by atoms with E-state index in [0.717, 1.165) is 17.5 Å². The first kappa shape index (κ1) is 20.6. The predicted molar refractivity (Wildman–Crippen MR) is 118 cm³/mol. The predicted octanol–water partition coefficient (Wildman–Crippen LogP) is 3.64. The molecule has 4 rings (SSSR count). The van der Waals surface area contributed by atoms with Crippen LogP contribution < -0.4 is 0 Å². The fourth-order valence-electron chi connectivity index (χ4n) is 4.85. The lowest BCUT2D eigenvalue weighted by Crippen LogP contribution is -2.51. The van der Waals surface area contributed by atoms with Gasteiger partial charge in [-0.1, -0.05) is 31.2 Å². The minimum Gasteiger partial charge on any atom is -0.348 e. The molecule has 2 aromatic rings. The van der Waals surface area contributed by atoms with Crippen LogP contribution in [0.25, 0.3) is 11.1 Å². The summed E-state index contributed by atoms with van der Waals surface area (Å²) in [6.45, 7) is 3.47. The van der Waals surface area contributed by atoms with Gasteiger partial charge in [-0.2, -0.15) is 0 Å². The molecule has 1 aliphatic heterocycles.